The molecule has 0 aliphatic rings. The van der Waals surface area contributed by atoms with Gasteiger partial charge in [0.1, 0.15) is 0 Å². The van der Waals surface area contributed by atoms with E-state index in [1.54, 1.807) is 12.5 Å². The topological polar surface area (TPSA) is 46.4 Å². The highest BCUT2D eigenvalue weighted by atomic mass is 32.2. The Morgan fingerprint density at radius 2 is 1.90 bits per heavy atom. The van der Waals surface area contributed by atoms with Gasteiger partial charge < -0.3 is 9.88 Å². The summed E-state index contributed by atoms with van der Waals surface area (Å²) in [7, 11) is 0. The number of alkyl halides is 3. The first-order chi connectivity index (χ1) is 13.8. The Morgan fingerprint density at radius 3 is 2.52 bits per heavy atom. The van der Waals surface area contributed by atoms with Crippen molar-refractivity contribution < 1.29 is 18.0 Å². The molecule has 0 saturated carbocycles. The number of nitrogens with zero attached hydrogens (tertiary/aromatic N) is 2. The molecule has 2 aromatic carbocycles. The van der Waals surface area contributed by atoms with Crippen molar-refractivity contribution in [1.82, 2.24) is 4.57 Å². The van der Waals surface area contributed by atoms with Gasteiger partial charge in [-0.05, 0) is 36.7 Å². The molecule has 3 aromatic rings. The smallest absolute Gasteiger partial charge is 0.341 e. The summed E-state index contributed by atoms with van der Waals surface area (Å²) in [6.07, 6.45) is 0.574. The van der Waals surface area contributed by atoms with E-state index >= 15 is 0 Å². The van der Waals surface area contributed by atoms with Crippen molar-refractivity contribution in [3.05, 3.63) is 77.0 Å². The molecule has 4 nitrogen and oxygen atoms in total. The molecular formula is C21H18F3N3OS. The molecular weight excluding hydrogens is 399 g/mol. The van der Waals surface area contributed by atoms with Gasteiger partial charge in [-0.3, -0.25) is 9.79 Å². The van der Waals surface area contributed by atoms with Crippen molar-refractivity contribution in [1.29, 1.82) is 0 Å². The summed E-state index contributed by atoms with van der Waals surface area (Å²) in [6, 6.07) is 12.6. The number of carbonyl (C=O) groups excluding carboxylic acids is 1. The number of amides is 1. The van der Waals surface area contributed by atoms with Crippen LogP contribution in [0.15, 0.2) is 70.8 Å². The fraction of sp³-hybridized carbons (Fsp3) is 0.143. The number of thioether (sulfide) groups is 1. The average Bonchev–Trinajstić information content (AvgIpc) is 3.03. The van der Waals surface area contributed by atoms with Gasteiger partial charge in [0.2, 0.25) is 0 Å². The van der Waals surface area contributed by atoms with Crippen LogP contribution in [0.5, 0.6) is 0 Å². The third kappa shape index (κ3) is 4.71. The van der Waals surface area contributed by atoms with E-state index in [0.29, 0.717) is 17.1 Å². The van der Waals surface area contributed by atoms with E-state index in [2.05, 4.69) is 17.0 Å². The van der Waals surface area contributed by atoms with E-state index < -0.39 is 11.7 Å². The summed E-state index contributed by atoms with van der Waals surface area (Å²) < 4.78 is 40.2. The van der Waals surface area contributed by atoms with Crippen molar-refractivity contribution in [2.75, 3.05) is 11.6 Å². The first-order valence-electron chi connectivity index (χ1n) is 8.59. The molecule has 1 heterocycles. The lowest BCUT2D eigenvalue weighted by atomic mass is 10.1. The van der Waals surface area contributed by atoms with Crippen molar-refractivity contribution in [2.45, 2.75) is 12.7 Å². The molecule has 1 amide bonds. The number of anilines is 1. The van der Waals surface area contributed by atoms with Crippen molar-refractivity contribution in [3.8, 4) is 0 Å². The minimum atomic E-state index is -4.36. The zero-order chi connectivity index (χ0) is 21.0. The molecule has 0 bridgehead atoms. The van der Waals surface area contributed by atoms with Crippen LogP contribution in [0.2, 0.25) is 0 Å². The predicted octanol–water partition coefficient (Wildman–Crippen LogP) is 5.55. The largest absolute Gasteiger partial charge is 0.416 e. The number of para-hydroxylation sites is 1. The molecule has 0 atom stereocenters. The molecule has 0 unspecified atom stereocenters. The van der Waals surface area contributed by atoms with Gasteiger partial charge in [-0.2, -0.15) is 13.2 Å². The van der Waals surface area contributed by atoms with E-state index in [0.717, 1.165) is 28.6 Å². The normalized spacial score (nSPS) is 12.2. The van der Waals surface area contributed by atoms with E-state index in [4.69, 9.17) is 0 Å². The highest BCUT2D eigenvalue weighted by molar-refractivity contribution is 8.03. The number of rotatable bonds is 6. The van der Waals surface area contributed by atoms with Crippen molar-refractivity contribution >= 4 is 41.0 Å². The summed E-state index contributed by atoms with van der Waals surface area (Å²) in [4.78, 5) is 16.5. The van der Waals surface area contributed by atoms with E-state index in [1.165, 1.54) is 30.1 Å². The fourth-order valence-electron chi connectivity index (χ4n) is 2.94. The van der Waals surface area contributed by atoms with Gasteiger partial charge in [0.25, 0.3) is 5.91 Å². The Hall–Kier alpha value is -3.00. The first kappa shape index (κ1) is 20.7. The fourth-order valence-corrected chi connectivity index (χ4v) is 3.36. The standard InChI is InChI=1S/C21H18F3N3OS/c1-25-11-19(29-2)20(28)26-17-13-27(18-6-4-3-5-16(17)18)12-14-7-9-15(10-8-14)21(22,23)24/h3-11,13H,1,12H2,2H3,(H,26,28)/b19-11-. The molecule has 1 aromatic heterocycles. The lowest BCUT2D eigenvalue weighted by Crippen LogP contribution is -2.12. The highest BCUT2D eigenvalue weighted by Gasteiger charge is 2.29. The van der Waals surface area contributed by atoms with Crippen LogP contribution in [0, 0.1) is 0 Å². The number of nitrogens with one attached hydrogen (secondary N) is 1. The molecule has 0 saturated heterocycles. The number of fused-ring (bicyclic) bond motifs is 1. The Morgan fingerprint density at radius 1 is 1.21 bits per heavy atom. The minimum Gasteiger partial charge on any atom is -0.341 e. The first-order valence-corrected chi connectivity index (χ1v) is 9.81. The lowest BCUT2D eigenvalue weighted by Gasteiger charge is -2.09. The third-order valence-electron chi connectivity index (χ3n) is 4.32. The quantitative estimate of drug-likeness (QED) is 0.422. The summed E-state index contributed by atoms with van der Waals surface area (Å²) >= 11 is 1.26. The Balaban J connectivity index is 1.91. The van der Waals surface area contributed by atoms with Gasteiger partial charge >= 0.3 is 6.18 Å². The summed E-state index contributed by atoms with van der Waals surface area (Å²) in [6.45, 7) is 3.73. The lowest BCUT2D eigenvalue weighted by molar-refractivity contribution is -0.137. The maximum absolute atomic E-state index is 12.8. The molecule has 8 heteroatoms. The number of benzene rings is 2. The van der Waals surface area contributed by atoms with Gasteiger partial charge in [-0.15, -0.1) is 11.8 Å². The van der Waals surface area contributed by atoms with Crippen LogP contribution >= 0.6 is 11.8 Å². The molecule has 29 heavy (non-hydrogen) atoms. The van der Waals surface area contributed by atoms with Gasteiger partial charge in [0.15, 0.2) is 0 Å². The number of aromatic nitrogens is 1. The van der Waals surface area contributed by atoms with Gasteiger partial charge in [-0.1, -0.05) is 30.3 Å². The molecule has 1 N–H and O–H groups in total. The van der Waals surface area contributed by atoms with Crippen LogP contribution in [-0.4, -0.2) is 23.4 Å². The van der Waals surface area contributed by atoms with Gasteiger partial charge in [-0.25, -0.2) is 0 Å². The number of carbonyl (C=O) groups is 1. The molecule has 3 rings (SSSR count). The minimum absolute atomic E-state index is 0.303. The van der Waals surface area contributed by atoms with E-state index in [9.17, 15) is 18.0 Å². The second kappa shape index (κ2) is 8.57. The van der Waals surface area contributed by atoms with E-state index in [-0.39, 0.29) is 5.91 Å². The number of hydrogen-bond donors (Lipinski definition) is 1. The summed E-state index contributed by atoms with van der Waals surface area (Å²) in [5.41, 5.74) is 1.51. The zero-order valence-corrected chi connectivity index (χ0v) is 16.3. The molecule has 0 aliphatic heterocycles. The molecule has 0 radical (unpaired) electrons. The van der Waals surface area contributed by atoms with Crippen LogP contribution in [0.3, 0.4) is 0 Å². The molecule has 0 fully saturated rings. The number of halogens is 3. The molecule has 150 valence electrons. The Bertz CT molecular complexity index is 1070. The summed E-state index contributed by atoms with van der Waals surface area (Å²) in [5, 5.41) is 3.70. The van der Waals surface area contributed by atoms with Crippen molar-refractivity contribution in [2.24, 2.45) is 4.99 Å². The van der Waals surface area contributed by atoms with Crippen LogP contribution in [0.25, 0.3) is 10.9 Å². The number of hydrogen-bond acceptors (Lipinski definition) is 3. The number of aliphatic imine (C=N–C) groups is 1. The maximum atomic E-state index is 12.8. The van der Waals surface area contributed by atoms with Crippen molar-refractivity contribution in [3.63, 3.8) is 0 Å². The molecule has 0 aliphatic carbocycles. The van der Waals surface area contributed by atoms with Gasteiger partial charge in [0.05, 0.1) is 21.7 Å². The molecule has 0 spiro atoms. The second-order valence-corrected chi connectivity index (χ2v) is 7.06. The SMILES string of the molecule is C=N/C=C(\SC)C(=O)Nc1cn(Cc2ccc(C(F)(F)F)cc2)c2ccccc12. The Kier molecular flexibility index (Phi) is 6.12. The van der Waals surface area contributed by atoms with Crippen LogP contribution in [-0.2, 0) is 17.5 Å². The third-order valence-corrected chi connectivity index (χ3v) is 5.05. The van der Waals surface area contributed by atoms with Crippen LogP contribution in [0.4, 0.5) is 18.9 Å². The second-order valence-electron chi connectivity index (χ2n) is 6.22. The van der Waals surface area contributed by atoms with E-state index in [1.807, 2.05) is 28.8 Å². The summed E-state index contributed by atoms with van der Waals surface area (Å²) in [5.74, 6) is -0.303. The predicted molar refractivity (Wildman–Crippen MR) is 112 cm³/mol. The zero-order valence-electron chi connectivity index (χ0n) is 15.5. The Labute approximate surface area is 170 Å². The average molecular weight is 417 g/mol. The maximum Gasteiger partial charge on any atom is 0.416 e. The highest BCUT2D eigenvalue weighted by Crippen LogP contribution is 2.30. The van der Waals surface area contributed by atoms with Crippen LogP contribution in [0.1, 0.15) is 11.1 Å². The van der Waals surface area contributed by atoms with Crippen LogP contribution < -0.4 is 5.32 Å². The monoisotopic (exact) mass is 417 g/mol. The van der Waals surface area contributed by atoms with Gasteiger partial charge in [0, 0.05) is 24.3 Å².